The van der Waals surface area contributed by atoms with Gasteiger partial charge >= 0.3 is 5.69 Å². The fourth-order valence-corrected chi connectivity index (χ4v) is 2.88. The van der Waals surface area contributed by atoms with E-state index < -0.39 is 4.92 Å². The number of carbonyl (C=O) groups excluding carboxylic acids is 1. The van der Waals surface area contributed by atoms with Gasteiger partial charge in [0.1, 0.15) is 5.69 Å². The Labute approximate surface area is 174 Å². The number of para-hydroxylation sites is 2. The van der Waals surface area contributed by atoms with Crippen molar-refractivity contribution >= 4 is 27.5 Å². The molecular weight excluding hydrogens is 444 g/mol. The molecule has 0 atom stereocenters. The number of carbonyl (C=O) groups is 1. The standard InChI is InChI=1S/C18H19BrN6O4/c1-13-14(19)11-23(21-13)9-4-8-20-18(26)15-7-10-24(22-15)12-29-17-6-3-2-5-16(17)25(27)28/h2-3,5-7,10-11H,4,8-9,12H2,1H3,(H,20,26). The van der Waals surface area contributed by atoms with Crippen LogP contribution in [-0.4, -0.2) is 36.9 Å². The fraction of sp³-hybridized carbons (Fsp3) is 0.278. The second-order valence-corrected chi connectivity index (χ2v) is 7.03. The molecule has 0 fully saturated rings. The van der Waals surface area contributed by atoms with Gasteiger partial charge in [0, 0.05) is 31.5 Å². The zero-order chi connectivity index (χ0) is 20.8. The number of halogens is 1. The normalized spacial score (nSPS) is 10.7. The molecule has 0 saturated carbocycles. The zero-order valence-electron chi connectivity index (χ0n) is 15.6. The van der Waals surface area contributed by atoms with Crippen LogP contribution in [0.1, 0.15) is 22.6 Å². The van der Waals surface area contributed by atoms with Crippen molar-refractivity contribution in [3.8, 4) is 5.75 Å². The second kappa shape index (κ2) is 9.32. The topological polar surface area (TPSA) is 117 Å². The van der Waals surface area contributed by atoms with Crippen molar-refractivity contribution in [1.82, 2.24) is 24.9 Å². The SMILES string of the molecule is Cc1nn(CCCNC(=O)c2ccn(COc3ccccc3[N+](=O)[O-])n2)cc1Br. The van der Waals surface area contributed by atoms with Gasteiger partial charge in [0.05, 0.1) is 15.1 Å². The van der Waals surface area contributed by atoms with Crippen molar-refractivity contribution in [1.29, 1.82) is 0 Å². The Morgan fingerprint density at radius 1 is 1.28 bits per heavy atom. The molecule has 0 aliphatic rings. The van der Waals surface area contributed by atoms with E-state index in [0.717, 1.165) is 16.6 Å². The van der Waals surface area contributed by atoms with Crippen molar-refractivity contribution in [3.63, 3.8) is 0 Å². The van der Waals surface area contributed by atoms with Crippen LogP contribution < -0.4 is 10.1 Å². The summed E-state index contributed by atoms with van der Waals surface area (Å²) in [6.07, 6.45) is 4.20. The highest BCUT2D eigenvalue weighted by molar-refractivity contribution is 9.10. The number of nitro groups is 1. The molecule has 0 radical (unpaired) electrons. The summed E-state index contributed by atoms with van der Waals surface area (Å²) in [5.74, 6) is -0.160. The van der Waals surface area contributed by atoms with Gasteiger partial charge in [-0.2, -0.15) is 10.2 Å². The number of nitrogens with one attached hydrogen (secondary N) is 1. The Kier molecular flexibility index (Phi) is 6.60. The Balaban J connectivity index is 1.46. The molecule has 0 aliphatic heterocycles. The van der Waals surface area contributed by atoms with Gasteiger partial charge in [0.25, 0.3) is 5.91 Å². The van der Waals surface area contributed by atoms with Gasteiger partial charge in [0.2, 0.25) is 0 Å². The average Bonchev–Trinajstić information content (AvgIpc) is 3.30. The summed E-state index contributed by atoms with van der Waals surface area (Å²) in [5, 5.41) is 22.3. The molecule has 1 aromatic carbocycles. The van der Waals surface area contributed by atoms with Crippen LogP contribution in [-0.2, 0) is 13.3 Å². The zero-order valence-corrected chi connectivity index (χ0v) is 17.2. The molecule has 2 heterocycles. The molecule has 0 saturated heterocycles. The Morgan fingerprint density at radius 2 is 2.07 bits per heavy atom. The molecule has 10 nitrogen and oxygen atoms in total. The van der Waals surface area contributed by atoms with Crippen LogP contribution in [0.25, 0.3) is 0 Å². The maximum absolute atomic E-state index is 12.2. The third-order valence-corrected chi connectivity index (χ3v) is 4.80. The molecule has 0 bridgehead atoms. The van der Waals surface area contributed by atoms with E-state index in [9.17, 15) is 14.9 Å². The van der Waals surface area contributed by atoms with Crippen LogP contribution in [0.5, 0.6) is 5.75 Å². The number of amides is 1. The number of aromatic nitrogens is 4. The van der Waals surface area contributed by atoms with Crippen molar-refractivity contribution in [2.24, 2.45) is 0 Å². The number of nitro benzene ring substituents is 1. The van der Waals surface area contributed by atoms with Crippen molar-refractivity contribution < 1.29 is 14.5 Å². The van der Waals surface area contributed by atoms with Gasteiger partial charge in [-0.1, -0.05) is 12.1 Å². The Bertz CT molecular complexity index is 996. The minimum atomic E-state index is -0.513. The van der Waals surface area contributed by atoms with Crippen LogP contribution in [0.4, 0.5) is 5.69 Å². The van der Waals surface area contributed by atoms with Crippen LogP contribution >= 0.6 is 15.9 Å². The molecule has 3 aromatic rings. The number of ether oxygens (including phenoxy) is 1. The largest absolute Gasteiger partial charge is 0.464 e. The van der Waals surface area contributed by atoms with Crippen LogP contribution in [0.3, 0.4) is 0 Å². The maximum atomic E-state index is 12.2. The van der Waals surface area contributed by atoms with E-state index in [1.54, 1.807) is 24.4 Å². The molecule has 2 aromatic heterocycles. The summed E-state index contributed by atoms with van der Waals surface area (Å²) in [5.41, 5.74) is 1.04. The monoisotopic (exact) mass is 462 g/mol. The van der Waals surface area contributed by atoms with Crippen LogP contribution in [0, 0.1) is 17.0 Å². The Morgan fingerprint density at radius 3 is 2.79 bits per heavy atom. The molecule has 29 heavy (non-hydrogen) atoms. The molecule has 0 unspecified atom stereocenters. The van der Waals surface area contributed by atoms with E-state index >= 15 is 0 Å². The first-order valence-electron chi connectivity index (χ1n) is 8.81. The summed E-state index contributed by atoms with van der Waals surface area (Å²) < 4.78 is 9.62. The first kappa shape index (κ1) is 20.5. The molecule has 3 rings (SSSR count). The van der Waals surface area contributed by atoms with Crippen molar-refractivity contribution in [2.75, 3.05) is 6.54 Å². The number of rotatable bonds is 9. The van der Waals surface area contributed by atoms with Crippen molar-refractivity contribution in [2.45, 2.75) is 26.6 Å². The summed E-state index contributed by atoms with van der Waals surface area (Å²) >= 11 is 3.41. The average molecular weight is 463 g/mol. The van der Waals surface area contributed by atoms with Gasteiger partial charge in [-0.05, 0) is 41.4 Å². The highest BCUT2D eigenvalue weighted by atomic mass is 79.9. The highest BCUT2D eigenvalue weighted by Crippen LogP contribution is 2.25. The molecule has 152 valence electrons. The molecule has 11 heteroatoms. The fourth-order valence-electron chi connectivity index (χ4n) is 2.56. The predicted molar refractivity (Wildman–Crippen MR) is 108 cm³/mol. The predicted octanol–water partition coefficient (Wildman–Crippen LogP) is 2.92. The third-order valence-electron chi connectivity index (χ3n) is 4.02. The molecule has 0 spiro atoms. The first-order chi connectivity index (χ1) is 13.9. The van der Waals surface area contributed by atoms with E-state index in [0.29, 0.717) is 13.1 Å². The van der Waals surface area contributed by atoms with E-state index in [-0.39, 0.29) is 29.8 Å². The number of nitrogens with zero attached hydrogens (tertiary/aromatic N) is 5. The first-order valence-corrected chi connectivity index (χ1v) is 9.61. The lowest BCUT2D eigenvalue weighted by Gasteiger charge is -2.06. The summed E-state index contributed by atoms with van der Waals surface area (Å²) in [6, 6.07) is 7.64. The highest BCUT2D eigenvalue weighted by Gasteiger charge is 2.14. The Hall–Kier alpha value is -3.21. The smallest absolute Gasteiger partial charge is 0.311 e. The van der Waals surface area contributed by atoms with E-state index in [4.69, 9.17) is 4.74 Å². The van der Waals surface area contributed by atoms with Gasteiger partial charge < -0.3 is 10.1 Å². The lowest BCUT2D eigenvalue weighted by atomic mass is 10.3. The lowest BCUT2D eigenvalue weighted by Crippen LogP contribution is -2.26. The third kappa shape index (κ3) is 5.41. The summed E-state index contributed by atoms with van der Waals surface area (Å²) in [6.45, 7) is 3.03. The van der Waals surface area contributed by atoms with Crippen LogP contribution in [0.15, 0.2) is 47.2 Å². The number of hydrogen-bond donors (Lipinski definition) is 1. The van der Waals surface area contributed by atoms with E-state index in [1.807, 2.05) is 17.8 Å². The number of benzene rings is 1. The number of hydrogen-bond acceptors (Lipinski definition) is 6. The van der Waals surface area contributed by atoms with Crippen LogP contribution in [0.2, 0.25) is 0 Å². The molecule has 1 amide bonds. The summed E-state index contributed by atoms with van der Waals surface area (Å²) in [4.78, 5) is 22.7. The minimum Gasteiger partial charge on any atom is -0.464 e. The quantitative estimate of drug-likeness (QED) is 0.296. The van der Waals surface area contributed by atoms with Gasteiger partial charge in [-0.3, -0.25) is 19.6 Å². The molecule has 1 N–H and O–H groups in total. The van der Waals surface area contributed by atoms with Gasteiger partial charge in [0.15, 0.2) is 12.5 Å². The van der Waals surface area contributed by atoms with Gasteiger partial charge in [-0.15, -0.1) is 0 Å². The summed E-state index contributed by atoms with van der Waals surface area (Å²) in [7, 11) is 0. The van der Waals surface area contributed by atoms with Gasteiger partial charge in [-0.25, -0.2) is 4.68 Å². The number of aryl methyl sites for hydroxylation is 2. The lowest BCUT2D eigenvalue weighted by molar-refractivity contribution is -0.386. The second-order valence-electron chi connectivity index (χ2n) is 6.17. The minimum absolute atomic E-state index is 0.0499. The van der Waals surface area contributed by atoms with E-state index in [1.165, 1.54) is 16.8 Å². The van der Waals surface area contributed by atoms with Crippen molar-refractivity contribution in [3.05, 3.63) is 68.7 Å². The molecule has 0 aliphatic carbocycles. The van der Waals surface area contributed by atoms with E-state index in [2.05, 4.69) is 31.4 Å². The molecular formula is C18H19BrN6O4. The maximum Gasteiger partial charge on any atom is 0.311 e.